The lowest BCUT2D eigenvalue weighted by Crippen LogP contribution is -2.43. The number of piperidine rings is 1. The van der Waals surface area contributed by atoms with Crippen molar-refractivity contribution in [3.8, 4) is 0 Å². The number of nitrogens with zero attached hydrogens (tertiary/aromatic N) is 2. The van der Waals surface area contributed by atoms with E-state index in [4.69, 9.17) is 5.73 Å². The van der Waals surface area contributed by atoms with E-state index in [1.807, 2.05) is 43.8 Å². The lowest BCUT2D eigenvalue weighted by molar-refractivity contribution is -0.124. The van der Waals surface area contributed by atoms with Gasteiger partial charge in [0.2, 0.25) is 5.91 Å². The number of nitrogens with two attached hydrogens (primary N) is 1. The van der Waals surface area contributed by atoms with Crippen molar-refractivity contribution >= 4 is 22.5 Å². The van der Waals surface area contributed by atoms with Gasteiger partial charge < -0.3 is 16.4 Å². The minimum absolute atomic E-state index is 0.139. The third-order valence-electron chi connectivity index (χ3n) is 5.33. The van der Waals surface area contributed by atoms with Crippen LogP contribution in [0.2, 0.25) is 0 Å². The summed E-state index contributed by atoms with van der Waals surface area (Å²) in [4.78, 5) is 12.6. The first-order valence-corrected chi connectivity index (χ1v) is 8.14. The summed E-state index contributed by atoms with van der Waals surface area (Å²) in [6, 6.07) is 5.80. The molecule has 2 heterocycles. The lowest BCUT2D eigenvalue weighted by Gasteiger charge is -2.25. The Kier molecular flexibility index (Phi) is 2.97. The van der Waals surface area contributed by atoms with Gasteiger partial charge in [0.1, 0.15) is 0 Å². The van der Waals surface area contributed by atoms with Crippen LogP contribution in [0.15, 0.2) is 18.2 Å². The standard InChI is InChI=1S/C17H23N5O/c1-17(2,20-16(23)13-9-7-19-8-10(9)13)15-14-11(18)5-4-6-12(14)22(3)21-15/h4-6,9-10,13,19H,7-8,18H2,1-3H3,(H,20,23)/t9-,10+,13?. The zero-order valence-corrected chi connectivity index (χ0v) is 13.8. The Morgan fingerprint density at radius 2 is 2.09 bits per heavy atom. The van der Waals surface area contributed by atoms with Crippen molar-refractivity contribution in [1.82, 2.24) is 20.4 Å². The van der Waals surface area contributed by atoms with Crippen LogP contribution in [0.1, 0.15) is 19.5 Å². The predicted octanol–water partition coefficient (Wildman–Crippen LogP) is 0.972. The topological polar surface area (TPSA) is 85.0 Å². The third-order valence-corrected chi connectivity index (χ3v) is 5.33. The average Bonchev–Trinajstić information content (AvgIpc) is 2.81. The summed E-state index contributed by atoms with van der Waals surface area (Å²) < 4.78 is 1.82. The molecule has 1 aromatic heterocycles. The van der Waals surface area contributed by atoms with Crippen molar-refractivity contribution in [3.05, 3.63) is 23.9 Å². The van der Waals surface area contributed by atoms with Crippen LogP contribution in [-0.2, 0) is 17.4 Å². The first kappa shape index (κ1) is 14.5. The molecule has 0 spiro atoms. The van der Waals surface area contributed by atoms with E-state index < -0.39 is 5.54 Å². The Balaban J connectivity index is 1.65. The molecule has 1 unspecified atom stereocenters. The maximum atomic E-state index is 12.6. The molecule has 1 amide bonds. The van der Waals surface area contributed by atoms with E-state index in [0.717, 1.165) is 29.7 Å². The second-order valence-electron chi connectivity index (χ2n) is 7.34. The number of hydrogen-bond donors (Lipinski definition) is 3. The summed E-state index contributed by atoms with van der Waals surface area (Å²) in [5, 5.41) is 12.1. The summed E-state index contributed by atoms with van der Waals surface area (Å²) >= 11 is 0. The van der Waals surface area contributed by atoms with Gasteiger partial charge in [0.15, 0.2) is 0 Å². The van der Waals surface area contributed by atoms with Crippen LogP contribution in [-0.4, -0.2) is 28.8 Å². The van der Waals surface area contributed by atoms with Crippen LogP contribution >= 0.6 is 0 Å². The van der Waals surface area contributed by atoms with Crippen molar-refractivity contribution in [2.75, 3.05) is 18.8 Å². The molecule has 122 valence electrons. The number of hydrogen-bond acceptors (Lipinski definition) is 4. The van der Waals surface area contributed by atoms with E-state index in [1.54, 1.807) is 0 Å². The number of nitrogen functional groups attached to an aromatic ring is 1. The molecule has 4 N–H and O–H groups in total. The lowest BCUT2D eigenvalue weighted by atomic mass is 9.96. The number of aryl methyl sites for hydroxylation is 1. The van der Waals surface area contributed by atoms with Crippen molar-refractivity contribution in [2.45, 2.75) is 19.4 Å². The summed E-state index contributed by atoms with van der Waals surface area (Å²) in [6.07, 6.45) is 0. The monoisotopic (exact) mass is 313 g/mol. The maximum Gasteiger partial charge on any atom is 0.224 e. The quantitative estimate of drug-likeness (QED) is 0.737. The molecule has 1 saturated heterocycles. The summed E-state index contributed by atoms with van der Waals surface area (Å²) in [7, 11) is 1.90. The molecule has 23 heavy (non-hydrogen) atoms. The number of carbonyl (C=O) groups excluding carboxylic acids is 1. The molecule has 6 heteroatoms. The highest BCUT2D eigenvalue weighted by molar-refractivity contribution is 5.94. The number of rotatable bonds is 3. The number of nitrogens with one attached hydrogen (secondary N) is 2. The second-order valence-corrected chi connectivity index (χ2v) is 7.34. The molecule has 2 aliphatic rings. The molecule has 3 atom stereocenters. The first-order valence-electron chi connectivity index (χ1n) is 8.14. The average molecular weight is 313 g/mol. The van der Waals surface area contributed by atoms with Crippen LogP contribution in [0, 0.1) is 17.8 Å². The van der Waals surface area contributed by atoms with E-state index in [0.29, 0.717) is 17.5 Å². The van der Waals surface area contributed by atoms with Gasteiger partial charge in [-0.05, 0) is 50.9 Å². The summed E-state index contributed by atoms with van der Waals surface area (Å²) in [5.41, 5.74) is 8.11. The fraction of sp³-hybridized carbons (Fsp3) is 0.529. The van der Waals surface area contributed by atoms with E-state index in [1.165, 1.54) is 0 Å². The molecular formula is C17H23N5O. The third kappa shape index (κ3) is 2.12. The number of aromatic nitrogens is 2. The van der Waals surface area contributed by atoms with Gasteiger partial charge in [-0.2, -0.15) is 5.10 Å². The van der Waals surface area contributed by atoms with Gasteiger partial charge in [-0.1, -0.05) is 6.07 Å². The van der Waals surface area contributed by atoms with Crippen LogP contribution in [0.3, 0.4) is 0 Å². The molecule has 0 bridgehead atoms. The fourth-order valence-corrected chi connectivity index (χ4v) is 4.03. The molecule has 2 fully saturated rings. The molecule has 2 aromatic rings. The minimum Gasteiger partial charge on any atom is -0.398 e. The van der Waals surface area contributed by atoms with E-state index in [2.05, 4.69) is 15.7 Å². The van der Waals surface area contributed by atoms with Crippen molar-refractivity contribution in [3.63, 3.8) is 0 Å². The minimum atomic E-state index is -0.559. The SMILES string of the molecule is Cn1nc(C(C)(C)NC(=O)C2[C@H]3CNC[C@@H]23)c2c(N)cccc21. The van der Waals surface area contributed by atoms with Crippen molar-refractivity contribution in [1.29, 1.82) is 0 Å². The Bertz CT molecular complexity index is 784. The van der Waals surface area contributed by atoms with Gasteiger partial charge in [0, 0.05) is 24.0 Å². The van der Waals surface area contributed by atoms with Crippen LogP contribution < -0.4 is 16.4 Å². The molecule has 4 rings (SSSR count). The predicted molar refractivity (Wildman–Crippen MR) is 89.6 cm³/mol. The Labute approximate surface area is 135 Å². The number of amides is 1. The highest BCUT2D eigenvalue weighted by Crippen LogP contribution is 2.49. The number of carbonyl (C=O) groups is 1. The summed E-state index contributed by atoms with van der Waals surface area (Å²) in [5.74, 6) is 1.32. The molecule has 1 aromatic carbocycles. The van der Waals surface area contributed by atoms with Gasteiger partial charge >= 0.3 is 0 Å². The normalized spacial score (nSPS) is 26.3. The van der Waals surface area contributed by atoms with Crippen molar-refractivity contribution < 1.29 is 4.79 Å². The van der Waals surface area contributed by atoms with E-state index >= 15 is 0 Å². The molecule has 0 radical (unpaired) electrons. The second kappa shape index (κ2) is 4.71. The van der Waals surface area contributed by atoms with Gasteiger partial charge in [0.05, 0.1) is 16.7 Å². The highest BCUT2D eigenvalue weighted by Gasteiger charge is 2.57. The fourth-order valence-electron chi connectivity index (χ4n) is 4.03. The zero-order chi connectivity index (χ0) is 16.4. The van der Waals surface area contributed by atoms with Gasteiger partial charge in [-0.15, -0.1) is 0 Å². The molecule has 1 saturated carbocycles. The Hall–Kier alpha value is -2.08. The van der Waals surface area contributed by atoms with Gasteiger partial charge in [-0.25, -0.2) is 0 Å². The number of anilines is 1. The van der Waals surface area contributed by atoms with Crippen LogP contribution in [0.5, 0.6) is 0 Å². The zero-order valence-electron chi connectivity index (χ0n) is 13.8. The van der Waals surface area contributed by atoms with Crippen LogP contribution in [0.25, 0.3) is 10.9 Å². The Morgan fingerprint density at radius 3 is 2.78 bits per heavy atom. The van der Waals surface area contributed by atoms with Crippen LogP contribution in [0.4, 0.5) is 5.69 Å². The number of benzene rings is 1. The van der Waals surface area contributed by atoms with Gasteiger partial charge in [0.25, 0.3) is 0 Å². The first-order chi connectivity index (χ1) is 10.9. The summed E-state index contributed by atoms with van der Waals surface area (Å²) in [6.45, 7) is 5.91. The van der Waals surface area contributed by atoms with E-state index in [9.17, 15) is 4.79 Å². The van der Waals surface area contributed by atoms with E-state index in [-0.39, 0.29) is 11.8 Å². The maximum absolute atomic E-state index is 12.6. The molecule has 6 nitrogen and oxygen atoms in total. The molecular weight excluding hydrogens is 290 g/mol. The van der Waals surface area contributed by atoms with Crippen molar-refractivity contribution in [2.24, 2.45) is 24.8 Å². The molecule has 1 aliphatic carbocycles. The Morgan fingerprint density at radius 1 is 1.39 bits per heavy atom. The van der Waals surface area contributed by atoms with Gasteiger partial charge in [-0.3, -0.25) is 9.48 Å². The molecule has 1 aliphatic heterocycles. The number of fused-ring (bicyclic) bond motifs is 2. The largest absolute Gasteiger partial charge is 0.398 e. The smallest absolute Gasteiger partial charge is 0.224 e. The highest BCUT2D eigenvalue weighted by atomic mass is 16.2.